The average molecular weight is 171 g/mol. The maximum absolute atomic E-state index is 5.81. The van der Waals surface area contributed by atoms with Gasteiger partial charge in [0, 0.05) is 6.54 Å². The second kappa shape index (κ2) is 4.24. The normalized spacial score (nSPS) is 23.2. The minimum Gasteiger partial charge on any atom is -0.374 e. The van der Waals surface area contributed by atoms with E-state index in [0.717, 1.165) is 18.9 Å². The van der Waals surface area contributed by atoms with Gasteiger partial charge >= 0.3 is 0 Å². The molecular weight excluding hydrogens is 150 g/mol. The number of ether oxygens (including phenoxy) is 1. The van der Waals surface area contributed by atoms with Gasteiger partial charge in [-0.05, 0) is 32.1 Å². The van der Waals surface area contributed by atoms with E-state index in [1.165, 1.54) is 19.3 Å². The topological polar surface area (TPSA) is 35.2 Å². The number of nitrogens with two attached hydrogens (primary N) is 1. The molecule has 1 rings (SSSR count). The van der Waals surface area contributed by atoms with Crippen molar-refractivity contribution in [2.75, 3.05) is 13.2 Å². The van der Waals surface area contributed by atoms with Gasteiger partial charge in [-0.1, -0.05) is 13.3 Å². The highest BCUT2D eigenvalue weighted by Gasteiger charge is 2.24. The number of hydrogen-bond acceptors (Lipinski definition) is 2. The Morgan fingerprint density at radius 1 is 1.50 bits per heavy atom. The van der Waals surface area contributed by atoms with Crippen LogP contribution in [0.4, 0.5) is 0 Å². The first-order chi connectivity index (χ1) is 5.70. The zero-order valence-electron chi connectivity index (χ0n) is 8.31. The third-order valence-corrected chi connectivity index (χ3v) is 3.07. The summed E-state index contributed by atoms with van der Waals surface area (Å²) in [7, 11) is 0. The van der Waals surface area contributed by atoms with Crippen LogP contribution in [0.1, 0.15) is 39.5 Å². The standard InChI is InChI=1S/C10H21NO/c1-3-10(2,8-11)12-7-9-5-4-6-9/h9H,3-8,11H2,1-2H3. The van der Waals surface area contributed by atoms with E-state index in [9.17, 15) is 0 Å². The molecule has 2 nitrogen and oxygen atoms in total. The largest absolute Gasteiger partial charge is 0.374 e. The fourth-order valence-electron chi connectivity index (χ4n) is 1.28. The summed E-state index contributed by atoms with van der Waals surface area (Å²) in [5, 5.41) is 0. The molecule has 0 bridgehead atoms. The molecule has 2 heteroatoms. The Kier molecular flexibility index (Phi) is 3.53. The van der Waals surface area contributed by atoms with Crippen molar-refractivity contribution in [1.82, 2.24) is 0 Å². The fraction of sp³-hybridized carbons (Fsp3) is 1.00. The van der Waals surface area contributed by atoms with Crippen LogP contribution in [-0.2, 0) is 4.74 Å². The minimum atomic E-state index is -0.0738. The van der Waals surface area contributed by atoms with Gasteiger partial charge < -0.3 is 10.5 Å². The lowest BCUT2D eigenvalue weighted by molar-refractivity contribution is -0.0554. The van der Waals surface area contributed by atoms with Crippen LogP contribution in [0, 0.1) is 5.92 Å². The average Bonchev–Trinajstić information content (AvgIpc) is 2.01. The van der Waals surface area contributed by atoms with E-state index >= 15 is 0 Å². The van der Waals surface area contributed by atoms with Crippen molar-refractivity contribution < 1.29 is 4.74 Å². The number of rotatable bonds is 5. The minimum absolute atomic E-state index is 0.0738. The Morgan fingerprint density at radius 2 is 2.17 bits per heavy atom. The quantitative estimate of drug-likeness (QED) is 0.686. The van der Waals surface area contributed by atoms with Crippen LogP contribution >= 0.6 is 0 Å². The summed E-state index contributed by atoms with van der Waals surface area (Å²) < 4.78 is 5.81. The van der Waals surface area contributed by atoms with Gasteiger partial charge in [0.1, 0.15) is 0 Å². The van der Waals surface area contributed by atoms with Gasteiger partial charge in [-0.15, -0.1) is 0 Å². The molecule has 1 saturated carbocycles. The summed E-state index contributed by atoms with van der Waals surface area (Å²) in [6.07, 6.45) is 5.10. The van der Waals surface area contributed by atoms with Crippen LogP contribution in [0.5, 0.6) is 0 Å². The SMILES string of the molecule is CCC(C)(CN)OCC1CCC1. The molecule has 0 saturated heterocycles. The van der Waals surface area contributed by atoms with Crippen molar-refractivity contribution in [2.24, 2.45) is 11.7 Å². The predicted molar refractivity (Wildman–Crippen MR) is 51.0 cm³/mol. The van der Waals surface area contributed by atoms with Crippen molar-refractivity contribution in [1.29, 1.82) is 0 Å². The first-order valence-electron chi connectivity index (χ1n) is 5.04. The second-order valence-electron chi connectivity index (χ2n) is 4.12. The first-order valence-corrected chi connectivity index (χ1v) is 5.04. The van der Waals surface area contributed by atoms with Crippen molar-refractivity contribution in [3.05, 3.63) is 0 Å². The Labute approximate surface area is 75.5 Å². The molecule has 0 spiro atoms. The molecule has 0 amide bonds. The Balaban J connectivity index is 2.17. The molecule has 1 fully saturated rings. The Bertz CT molecular complexity index is 128. The smallest absolute Gasteiger partial charge is 0.0773 e. The van der Waals surface area contributed by atoms with Gasteiger partial charge in [-0.3, -0.25) is 0 Å². The van der Waals surface area contributed by atoms with Crippen molar-refractivity contribution in [3.63, 3.8) is 0 Å². The summed E-state index contributed by atoms with van der Waals surface area (Å²) in [5.74, 6) is 0.822. The lowest BCUT2D eigenvalue weighted by Gasteiger charge is -2.32. The van der Waals surface area contributed by atoms with E-state index in [2.05, 4.69) is 13.8 Å². The van der Waals surface area contributed by atoms with Crippen LogP contribution in [0.3, 0.4) is 0 Å². The van der Waals surface area contributed by atoms with E-state index in [-0.39, 0.29) is 5.60 Å². The van der Waals surface area contributed by atoms with Gasteiger partial charge in [0.25, 0.3) is 0 Å². The zero-order valence-corrected chi connectivity index (χ0v) is 8.31. The molecule has 72 valence electrons. The summed E-state index contributed by atoms with van der Waals surface area (Å²) in [6.45, 7) is 5.79. The molecule has 1 atom stereocenters. The molecule has 0 radical (unpaired) electrons. The first kappa shape index (κ1) is 10.0. The third kappa shape index (κ3) is 2.46. The number of hydrogen-bond donors (Lipinski definition) is 1. The van der Waals surface area contributed by atoms with Crippen molar-refractivity contribution >= 4 is 0 Å². The van der Waals surface area contributed by atoms with Gasteiger partial charge in [0.15, 0.2) is 0 Å². The van der Waals surface area contributed by atoms with E-state index < -0.39 is 0 Å². The molecule has 0 heterocycles. The molecule has 12 heavy (non-hydrogen) atoms. The predicted octanol–water partition coefficient (Wildman–Crippen LogP) is 1.93. The van der Waals surface area contributed by atoms with E-state index in [0.29, 0.717) is 6.54 Å². The second-order valence-corrected chi connectivity index (χ2v) is 4.12. The van der Waals surface area contributed by atoms with E-state index in [1.807, 2.05) is 0 Å². The summed E-state index contributed by atoms with van der Waals surface area (Å²) in [6, 6.07) is 0. The monoisotopic (exact) mass is 171 g/mol. The van der Waals surface area contributed by atoms with Gasteiger partial charge in [0.2, 0.25) is 0 Å². The van der Waals surface area contributed by atoms with Crippen LogP contribution in [0.25, 0.3) is 0 Å². The highest BCUT2D eigenvalue weighted by Crippen LogP contribution is 2.28. The van der Waals surface area contributed by atoms with Gasteiger partial charge in [-0.25, -0.2) is 0 Å². The Hall–Kier alpha value is -0.0800. The van der Waals surface area contributed by atoms with Crippen LogP contribution in [-0.4, -0.2) is 18.8 Å². The molecule has 1 aliphatic rings. The summed E-state index contributed by atoms with van der Waals surface area (Å²) in [4.78, 5) is 0. The lowest BCUT2D eigenvalue weighted by Crippen LogP contribution is -2.39. The van der Waals surface area contributed by atoms with Gasteiger partial charge in [0.05, 0.1) is 12.2 Å². The molecule has 0 aromatic heterocycles. The third-order valence-electron chi connectivity index (χ3n) is 3.07. The Morgan fingerprint density at radius 3 is 2.50 bits per heavy atom. The molecule has 0 aliphatic heterocycles. The molecule has 0 aromatic carbocycles. The van der Waals surface area contributed by atoms with E-state index in [1.54, 1.807) is 0 Å². The maximum atomic E-state index is 5.81. The fourth-order valence-corrected chi connectivity index (χ4v) is 1.28. The highest BCUT2D eigenvalue weighted by atomic mass is 16.5. The van der Waals surface area contributed by atoms with Crippen LogP contribution < -0.4 is 5.73 Å². The molecule has 2 N–H and O–H groups in total. The van der Waals surface area contributed by atoms with Crippen LogP contribution in [0.2, 0.25) is 0 Å². The highest BCUT2D eigenvalue weighted by molar-refractivity contribution is 4.76. The molecule has 1 unspecified atom stereocenters. The maximum Gasteiger partial charge on any atom is 0.0773 e. The molecular formula is C10H21NO. The zero-order chi connectivity index (χ0) is 9.03. The summed E-state index contributed by atoms with van der Waals surface area (Å²) in [5.41, 5.74) is 5.56. The summed E-state index contributed by atoms with van der Waals surface area (Å²) >= 11 is 0. The van der Waals surface area contributed by atoms with Crippen LogP contribution in [0.15, 0.2) is 0 Å². The van der Waals surface area contributed by atoms with Crippen molar-refractivity contribution in [2.45, 2.75) is 45.1 Å². The molecule has 1 aliphatic carbocycles. The van der Waals surface area contributed by atoms with Crippen molar-refractivity contribution in [3.8, 4) is 0 Å². The van der Waals surface area contributed by atoms with E-state index in [4.69, 9.17) is 10.5 Å². The van der Waals surface area contributed by atoms with Gasteiger partial charge in [-0.2, -0.15) is 0 Å². The molecule has 0 aromatic rings. The lowest BCUT2D eigenvalue weighted by atomic mass is 9.86.